The quantitative estimate of drug-likeness (QED) is 0.900. The highest BCUT2D eigenvalue weighted by Gasteiger charge is 2.36. The van der Waals surface area contributed by atoms with Gasteiger partial charge < -0.3 is 10.2 Å². The van der Waals surface area contributed by atoms with Gasteiger partial charge in [0, 0.05) is 23.7 Å². The molecule has 3 nitrogen and oxygen atoms in total. The third-order valence-corrected chi connectivity index (χ3v) is 4.78. The Labute approximate surface area is 119 Å². The van der Waals surface area contributed by atoms with Gasteiger partial charge in [-0.3, -0.25) is 4.79 Å². The maximum Gasteiger partial charge on any atom is 0.251 e. The van der Waals surface area contributed by atoms with Crippen LogP contribution < -0.4 is 5.32 Å². The average molecular weight is 276 g/mol. The first-order valence-corrected chi connectivity index (χ1v) is 7.42. The van der Waals surface area contributed by atoms with Crippen molar-refractivity contribution in [3.8, 4) is 0 Å². The number of rotatable bonds is 2. The summed E-state index contributed by atoms with van der Waals surface area (Å²) in [5.74, 6) is -0.395. The van der Waals surface area contributed by atoms with Gasteiger partial charge in [0.05, 0.1) is 0 Å². The van der Waals surface area contributed by atoms with Crippen LogP contribution in [-0.4, -0.2) is 36.0 Å². The van der Waals surface area contributed by atoms with E-state index in [9.17, 15) is 9.18 Å². The van der Waals surface area contributed by atoms with Crippen molar-refractivity contribution < 1.29 is 9.18 Å². The molecule has 1 aromatic carbocycles. The molecule has 0 aliphatic carbocycles. The highest BCUT2D eigenvalue weighted by molar-refractivity contribution is 5.94. The summed E-state index contributed by atoms with van der Waals surface area (Å²) in [6, 6.07) is 7.19. The normalized spacial score (nSPS) is 30.0. The Morgan fingerprint density at radius 1 is 1.20 bits per heavy atom. The summed E-state index contributed by atoms with van der Waals surface area (Å²) in [6.45, 7) is 0. The van der Waals surface area contributed by atoms with Gasteiger partial charge in [-0.25, -0.2) is 4.39 Å². The van der Waals surface area contributed by atoms with Gasteiger partial charge in [-0.15, -0.1) is 0 Å². The number of nitrogens with one attached hydrogen (secondary N) is 1. The number of amides is 1. The monoisotopic (exact) mass is 276 g/mol. The fourth-order valence-electron chi connectivity index (χ4n) is 3.60. The number of fused-ring (bicyclic) bond motifs is 2. The largest absolute Gasteiger partial charge is 0.349 e. The van der Waals surface area contributed by atoms with Gasteiger partial charge in [0.25, 0.3) is 5.91 Å². The molecule has 108 valence electrons. The zero-order valence-electron chi connectivity index (χ0n) is 11.8. The molecule has 2 saturated heterocycles. The number of piperidine rings is 2. The summed E-state index contributed by atoms with van der Waals surface area (Å²) in [7, 11) is 2.20. The van der Waals surface area contributed by atoms with Crippen molar-refractivity contribution in [2.24, 2.45) is 0 Å². The molecule has 0 radical (unpaired) electrons. The fourth-order valence-corrected chi connectivity index (χ4v) is 3.60. The second-order valence-corrected chi connectivity index (χ2v) is 6.05. The lowest BCUT2D eigenvalue weighted by Gasteiger charge is -2.47. The summed E-state index contributed by atoms with van der Waals surface area (Å²) in [6.07, 6.45) is 5.82. The van der Waals surface area contributed by atoms with E-state index in [1.807, 2.05) is 0 Å². The van der Waals surface area contributed by atoms with E-state index in [4.69, 9.17) is 0 Å². The van der Waals surface area contributed by atoms with Crippen molar-refractivity contribution in [3.05, 3.63) is 35.6 Å². The first-order valence-electron chi connectivity index (χ1n) is 7.42. The fraction of sp³-hybridized carbons (Fsp3) is 0.562. The Kier molecular flexibility index (Phi) is 3.74. The van der Waals surface area contributed by atoms with Crippen LogP contribution in [0, 0.1) is 5.82 Å². The zero-order chi connectivity index (χ0) is 14.1. The van der Waals surface area contributed by atoms with Crippen LogP contribution in [0.15, 0.2) is 24.3 Å². The van der Waals surface area contributed by atoms with E-state index >= 15 is 0 Å². The molecule has 2 fully saturated rings. The van der Waals surface area contributed by atoms with Crippen molar-refractivity contribution in [1.29, 1.82) is 0 Å². The van der Waals surface area contributed by atoms with E-state index < -0.39 is 0 Å². The maximum atomic E-state index is 12.9. The molecule has 2 aliphatic rings. The van der Waals surface area contributed by atoms with E-state index in [-0.39, 0.29) is 17.8 Å². The van der Waals surface area contributed by atoms with E-state index in [0.29, 0.717) is 17.6 Å². The molecule has 4 heteroatoms. The third-order valence-electron chi connectivity index (χ3n) is 4.78. The number of carbonyl (C=O) groups is 1. The van der Waals surface area contributed by atoms with Crippen molar-refractivity contribution in [3.63, 3.8) is 0 Å². The second kappa shape index (κ2) is 5.52. The van der Waals surface area contributed by atoms with E-state index in [0.717, 1.165) is 12.8 Å². The first kappa shape index (κ1) is 13.6. The molecule has 1 amide bonds. The molecular weight excluding hydrogens is 255 g/mol. The molecule has 2 aliphatic heterocycles. The third kappa shape index (κ3) is 2.70. The van der Waals surface area contributed by atoms with Gasteiger partial charge in [-0.1, -0.05) is 6.42 Å². The van der Waals surface area contributed by atoms with Crippen LogP contribution in [0.25, 0.3) is 0 Å². The Balaban J connectivity index is 1.63. The Hall–Kier alpha value is -1.42. The van der Waals surface area contributed by atoms with Crippen LogP contribution in [0.3, 0.4) is 0 Å². The number of hydrogen-bond donors (Lipinski definition) is 1. The summed E-state index contributed by atoms with van der Waals surface area (Å²) >= 11 is 0. The molecule has 3 rings (SSSR count). The van der Waals surface area contributed by atoms with E-state index in [2.05, 4.69) is 17.3 Å². The van der Waals surface area contributed by atoms with Gasteiger partial charge in [-0.05, 0) is 57.0 Å². The molecule has 2 unspecified atom stereocenters. The Morgan fingerprint density at radius 2 is 1.80 bits per heavy atom. The van der Waals surface area contributed by atoms with Crippen LogP contribution in [0.2, 0.25) is 0 Å². The van der Waals surface area contributed by atoms with Crippen LogP contribution in [0.5, 0.6) is 0 Å². The number of nitrogens with zero attached hydrogens (tertiary/aromatic N) is 1. The second-order valence-electron chi connectivity index (χ2n) is 6.05. The van der Waals surface area contributed by atoms with Crippen molar-refractivity contribution in [2.75, 3.05) is 7.05 Å². The van der Waals surface area contributed by atoms with E-state index in [1.165, 1.54) is 31.4 Å². The lowest BCUT2D eigenvalue weighted by Crippen LogP contribution is -2.55. The summed E-state index contributed by atoms with van der Waals surface area (Å²) < 4.78 is 12.9. The Morgan fingerprint density at radius 3 is 2.40 bits per heavy atom. The Bertz CT molecular complexity index is 474. The zero-order valence-corrected chi connectivity index (χ0v) is 11.8. The van der Waals surface area contributed by atoms with Gasteiger partial charge in [0.2, 0.25) is 0 Å². The molecule has 2 atom stereocenters. The van der Waals surface area contributed by atoms with Gasteiger partial charge in [0.1, 0.15) is 5.82 Å². The summed E-state index contributed by atoms with van der Waals surface area (Å²) in [5.41, 5.74) is 0.537. The molecule has 2 heterocycles. The number of hydrogen-bond acceptors (Lipinski definition) is 2. The minimum Gasteiger partial charge on any atom is -0.349 e. The van der Waals surface area contributed by atoms with Gasteiger partial charge in [-0.2, -0.15) is 0 Å². The molecule has 1 N–H and O–H groups in total. The first-order chi connectivity index (χ1) is 9.63. The topological polar surface area (TPSA) is 32.3 Å². The van der Waals surface area contributed by atoms with Crippen molar-refractivity contribution in [2.45, 2.75) is 50.2 Å². The molecule has 2 bridgehead atoms. The minimum atomic E-state index is -0.310. The van der Waals surface area contributed by atoms with Crippen LogP contribution in [0.4, 0.5) is 4.39 Å². The maximum absolute atomic E-state index is 12.9. The molecule has 0 aromatic heterocycles. The van der Waals surface area contributed by atoms with Gasteiger partial charge >= 0.3 is 0 Å². The van der Waals surface area contributed by atoms with Crippen molar-refractivity contribution in [1.82, 2.24) is 10.2 Å². The van der Waals surface area contributed by atoms with Crippen LogP contribution in [0.1, 0.15) is 42.5 Å². The minimum absolute atomic E-state index is 0.0855. The summed E-state index contributed by atoms with van der Waals surface area (Å²) in [5, 5.41) is 3.12. The molecule has 1 aromatic rings. The number of benzene rings is 1. The molecule has 0 saturated carbocycles. The number of halogens is 1. The van der Waals surface area contributed by atoms with Crippen LogP contribution in [-0.2, 0) is 0 Å². The molecule has 0 spiro atoms. The SMILES string of the molecule is CN1C2CCCC1CC(NC(=O)c1ccc(F)cc1)C2. The summed E-state index contributed by atoms with van der Waals surface area (Å²) in [4.78, 5) is 14.7. The lowest BCUT2D eigenvalue weighted by atomic mass is 9.82. The van der Waals surface area contributed by atoms with Gasteiger partial charge in [0.15, 0.2) is 0 Å². The average Bonchev–Trinajstić information content (AvgIpc) is 2.40. The highest BCUT2D eigenvalue weighted by atomic mass is 19.1. The predicted molar refractivity (Wildman–Crippen MR) is 76.1 cm³/mol. The van der Waals surface area contributed by atoms with Crippen LogP contribution >= 0.6 is 0 Å². The predicted octanol–water partition coefficient (Wildman–Crippen LogP) is 2.57. The standard InChI is InChI=1S/C16H21FN2O/c1-19-14-3-2-4-15(19)10-13(9-14)18-16(20)11-5-7-12(17)8-6-11/h5-8,13-15H,2-4,9-10H2,1H3,(H,18,20). The lowest BCUT2D eigenvalue weighted by molar-refractivity contribution is 0.0463. The number of carbonyl (C=O) groups excluding carboxylic acids is 1. The molecule has 20 heavy (non-hydrogen) atoms. The highest BCUT2D eigenvalue weighted by Crippen LogP contribution is 2.32. The van der Waals surface area contributed by atoms with Crippen molar-refractivity contribution >= 4 is 5.91 Å². The van der Waals surface area contributed by atoms with E-state index in [1.54, 1.807) is 12.1 Å². The molecular formula is C16H21FN2O. The smallest absolute Gasteiger partial charge is 0.251 e.